The highest BCUT2D eigenvalue weighted by atomic mass is 79.9. The Kier molecular flexibility index (Phi) is 4.72. The molecule has 8 aromatic rings. The number of rotatable bonds is 2. The molecule has 1 aliphatic rings. The molecule has 41 heavy (non-hydrogen) atoms. The van der Waals surface area contributed by atoms with Crippen LogP contribution in [0.2, 0.25) is 0 Å². The van der Waals surface area contributed by atoms with Gasteiger partial charge >= 0.3 is 0 Å². The third-order valence-corrected chi connectivity index (χ3v) is 8.55. The van der Waals surface area contributed by atoms with E-state index < -0.39 is 0 Å². The molecule has 9 rings (SSSR count). The molecule has 0 spiro atoms. The number of aromatic nitrogens is 4. The van der Waals surface area contributed by atoms with Crippen LogP contribution in [-0.4, -0.2) is 23.8 Å². The first-order valence-corrected chi connectivity index (χ1v) is 14.3. The number of aliphatic imine (C=N–C) groups is 1. The largest absolute Gasteiger partial charge is 0.332 e. The second kappa shape index (κ2) is 8.49. The van der Waals surface area contributed by atoms with Crippen molar-refractivity contribution < 1.29 is 0 Å². The zero-order valence-corrected chi connectivity index (χ0v) is 23.2. The van der Waals surface area contributed by atoms with Crippen LogP contribution in [0.4, 0.5) is 5.69 Å². The standard InChI is InChI=1S/C34H21BrN6/c35-34-38-31-25(33(39-34)40-26-12-4-1-8-21(26)22-9-2-5-13-27(22)40)17-15-20-16-18-29(37-30(20)31)41-28-14-6-3-10-23(28)24-11-7-19-36-32(24)41/h1-19,33H,(H,38,39). The van der Waals surface area contributed by atoms with Gasteiger partial charge in [-0.25, -0.2) is 15.0 Å². The molecule has 0 saturated heterocycles. The van der Waals surface area contributed by atoms with Crippen LogP contribution in [0.15, 0.2) is 120 Å². The topological polar surface area (TPSA) is 60.0 Å². The summed E-state index contributed by atoms with van der Waals surface area (Å²) < 4.78 is 5.16. The maximum atomic E-state index is 5.28. The van der Waals surface area contributed by atoms with E-state index in [4.69, 9.17) is 15.0 Å². The zero-order chi connectivity index (χ0) is 27.1. The van der Waals surface area contributed by atoms with Crippen molar-refractivity contribution in [3.8, 4) is 5.82 Å². The fraction of sp³-hybridized carbons (Fsp3) is 0.0294. The Morgan fingerprint density at radius 3 is 2.05 bits per heavy atom. The molecular formula is C34H21BrN6. The third kappa shape index (κ3) is 3.21. The summed E-state index contributed by atoms with van der Waals surface area (Å²) in [5, 5.41) is 9.26. The molecule has 4 aromatic carbocycles. The molecule has 0 bridgehead atoms. The van der Waals surface area contributed by atoms with Crippen molar-refractivity contribution in [1.29, 1.82) is 0 Å². The predicted molar refractivity (Wildman–Crippen MR) is 171 cm³/mol. The SMILES string of the molecule is BrC1=NC(n2c3ccccc3c3ccccc32)c2ccc3ccc(-n4c5ccccc5c5cccnc54)nc3c2N1. The summed E-state index contributed by atoms with van der Waals surface area (Å²) >= 11 is 3.70. The van der Waals surface area contributed by atoms with Crippen molar-refractivity contribution in [2.24, 2.45) is 4.99 Å². The second-order valence-corrected chi connectivity index (χ2v) is 11.1. The van der Waals surface area contributed by atoms with Gasteiger partial charge in [-0.2, -0.15) is 0 Å². The number of hydrogen-bond donors (Lipinski definition) is 1. The van der Waals surface area contributed by atoms with Gasteiger partial charge in [-0.15, -0.1) is 0 Å². The van der Waals surface area contributed by atoms with E-state index in [0.717, 1.165) is 60.9 Å². The molecular weight excluding hydrogens is 572 g/mol. The highest BCUT2D eigenvalue weighted by Gasteiger charge is 2.27. The van der Waals surface area contributed by atoms with Crippen LogP contribution >= 0.6 is 15.9 Å². The Morgan fingerprint density at radius 2 is 1.29 bits per heavy atom. The van der Waals surface area contributed by atoms with Gasteiger partial charge in [-0.3, -0.25) is 4.57 Å². The van der Waals surface area contributed by atoms with Gasteiger partial charge in [0.05, 0.1) is 27.8 Å². The van der Waals surface area contributed by atoms with Crippen LogP contribution in [0.1, 0.15) is 11.7 Å². The monoisotopic (exact) mass is 592 g/mol. The summed E-state index contributed by atoms with van der Waals surface area (Å²) in [6, 6.07) is 38.1. The highest BCUT2D eigenvalue weighted by molar-refractivity contribution is 9.18. The molecule has 4 aromatic heterocycles. The van der Waals surface area contributed by atoms with Crippen LogP contribution in [0.3, 0.4) is 0 Å². The first-order valence-electron chi connectivity index (χ1n) is 13.5. The minimum absolute atomic E-state index is 0.268. The fourth-order valence-electron chi connectivity index (χ4n) is 6.42. The van der Waals surface area contributed by atoms with Crippen molar-refractivity contribution >= 4 is 81.0 Å². The summed E-state index contributed by atoms with van der Waals surface area (Å²) in [7, 11) is 0. The normalized spacial score (nSPS) is 15.0. The first kappa shape index (κ1) is 22.8. The molecule has 1 unspecified atom stereocenters. The average Bonchev–Trinajstić information content (AvgIpc) is 3.53. The van der Waals surface area contributed by atoms with Gasteiger partial charge in [0.15, 0.2) is 10.9 Å². The van der Waals surface area contributed by atoms with E-state index in [1.54, 1.807) is 0 Å². The summed E-state index contributed by atoms with van der Waals surface area (Å²) in [5.41, 5.74) is 7.17. The molecule has 0 radical (unpaired) electrons. The van der Waals surface area contributed by atoms with Gasteiger partial charge in [-0.05, 0) is 58.4 Å². The van der Waals surface area contributed by atoms with Crippen LogP contribution in [0, 0.1) is 0 Å². The zero-order valence-electron chi connectivity index (χ0n) is 21.7. The Morgan fingerprint density at radius 1 is 0.659 bits per heavy atom. The van der Waals surface area contributed by atoms with Crippen LogP contribution in [0.25, 0.3) is 60.5 Å². The molecule has 1 N–H and O–H groups in total. The van der Waals surface area contributed by atoms with E-state index in [1.807, 2.05) is 12.3 Å². The van der Waals surface area contributed by atoms with Crippen molar-refractivity contribution in [2.45, 2.75) is 6.17 Å². The molecule has 0 saturated carbocycles. The van der Waals surface area contributed by atoms with Gasteiger partial charge in [0, 0.05) is 38.7 Å². The molecule has 1 atom stereocenters. The number of nitrogens with one attached hydrogen (secondary N) is 1. The molecule has 7 heteroatoms. The van der Waals surface area contributed by atoms with E-state index in [2.05, 4.69) is 134 Å². The summed E-state index contributed by atoms with van der Waals surface area (Å²) in [6.07, 6.45) is 1.57. The number of pyridine rings is 2. The molecule has 5 heterocycles. The van der Waals surface area contributed by atoms with Gasteiger partial charge < -0.3 is 9.88 Å². The first-order chi connectivity index (χ1) is 20.3. The van der Waals surface area contributed by atoms with Crippen molar-refractivity contribution in [3.63, 3.8) is 0 Å². The molecule has 6 nitrogen and oxygen atoms in total. The molecule has 1 aliphatic heterocycles. The number of hydrogen-bond acceptors (Lipinski definition) is 4. The Balaban J connectivity index is 1.31. The lowest BCUT2D eigenvalue weighted by molar-refractivity contribution is 0.654. The highest BCUT2D eigenvalue weighted by Crippen LogP contribution is 2.42. The summed E-state index contributed by atoms with van der Waals surface area (Å²) in [4.78, 5) is 15.1. The number of halogens is 1. The maximum absolute atomic E-state index is 5.28. The molecule has 0 amide bonds. The summed E-state index contributed by atoms with van der Waals surface area (Å²) in [6.45, 7) is 0. The Hall–Kier alpha value is -5.01. The van der Waals surface area contributed by atoms with Gasteiger partial charge in [0.1, 0.15) is 11.5 Å². The number of para-hydroxylation sites is 3. The fourth-order valence-corrected chi connectivity index (χ4v) is 6.81. The number of amidine groups is 1. The number of benzene rings is 4. The Bertz CT molecular complexity index is 2270. The van der Waals surface area contributed by atoms with Gasteiger partial charge in [-0.1, -0.05) is 66.7 Å². The van der Waals surface area contributed by atoms with Crippen molar-refractivity contribution in [3.05, 3.63) is 121 Å². The summed E-state index contributed by atoms with van der Waals surface area (Å²) in [5.74, 6) is 0.824. The van der Waals surface area contributed by atoms with E-state index in [9.17, 15) is 0 Å². The minimum Gasteiger partial charge on any atom is -0.332 e. The lowest BCUT2D eigenvalue weighted by Crippen LogP contribution is -2.21. The number of anilines is 1. The smallest absolute Gasteiger partial charge is 0.172 e. The average molecular weight is 593 g/mol. The quantitative estimate of drug-likeness (QED) is 0.204. The van der Waals surface area contributed by atoms with E-state index in [0.29, 0.717) is 4.74 Å². The van der Waals surface area contributed by atoms with E-state index in [-0.39, 0.29) is 6.17 Å². The number of nitrogens with zero attached hydrogens (tertiary/aromatic N) is 5. The molecule has 194 valence electrons. The lowest BCUT2D eigenvalue weighted by Gasteiger charge is -2.26. The van der Waals surface area contributed by atoms with Crippen LogP contribution in [-0.2, 0) is 0 Å². The second-order valence-electron chi connectivity index (χ2n) is 10.3. The van der Waals surface area contributed by atoms with Gasteiger partial charge in [0.2, 0.25) is 0 Å². The van der Waals surface area contributed by atoms with Gasteiger partial charge in [0.25, 0.3) is 0 Å². The minimum atomic E-state index is -0.268. The van der Waals surface area contributed by atoms with E-state index >= 15 is 0 Å². The lowest BCUT2D eigenvalue weighted by atomic mass is 10.0. The van der Waals surface area contributed by atoms with Crippen molar-refractivity contribution in [1.82, 2.24) is 19.1 Å². The van der Waals surface area contributed by atoms with Crippen molar-refractivity contribution in [2.75, 3.05) is 5.32 Å². The van der Waals surface area contributed by atoms with Crippen LogP contribution in [0.5, 0.6) is 0 Å². The third-order valence-electron chi connectivity index (χ3n) is 8.15. The number of fused-ring (bicyclic) bond motifs is 9. The predicted octanol–water partition coefficient (Wildman–Crippen LogP) is 8.56. The maximum Gasteiger partial charge on any atom is 0.172 e. The molecule has 0 fully saturated rings. The Labute approximate surface area is 242 Å². The van der Waals surface area contributed by atoms with E-state index in [1.165, 1.54) is 10.8 Å². The molecule has 0 aliphatic carbocycles. The van der Waals surface area contributed by atoms with Crippen LogP contribution < -0.4 is 5.32 Å².